The number of amides is 1. The molecule has 0 bridgehead atoms. The van der Waals surface area contributed by atoms with Crippen LogP contribution in [-0.4, -0.2) is 28.7 Å². The first-order chi connectivity index (χ1) is 3.72. The summed E-state index contributed by atoms with van der Waals surface area (Å²) in [6.45, 7) is 2.31. The Morgan fingerprint density at radius 1 is 1.88 bits per heavy atom. The van der Waals surface area contributed by atoms with Gasteiger partial charge < -0.3 is 10.0 Å². The van der Waals surface area contributed by atoms with Crippen LogP contribution in [0.1, 0.15) is 13.3 Å². The van der Waals surface area contributed by atoms with Crippen molar-refractivity contribution < 1.29 is 9.90 Å². The Balaban J connectivity index is 2.37. The fraction of sp³-hybridized carbons (Fsp3) is 0.800. The van der Waals surface area contributed by atoms with Crippen LogP contribution >= 0.6 is 0 Å². The van der Waals surface area contributed by atoms with Crippen molar-refractivity contribution in [2.45, 2.75) is 19.6 Å². The van der Waals surface area contributed by atoms with Crippen LogP contribution < -0.4 is 0 Å². The summed E-state index contributed by atoms with van der Waals surface area (Å²) in [6.07, 6.45) is 0.0153. The fourth-order valence-corrected chi connectivity index (χ4v) is 0.727. The minimum atomic E-state index is -0.587. The van der Waals surface area contributed by atoms with E-state index in [1.807, 2.05) is 0 Å². The highest BCUT2D eigenvalue weighted by Gasteiger charge is 2.26. The second kappa shape index (κ2) is 1.74. The SMILES string of the molecule is CC(O)N1CCC1=O. The molecule has 8 heavy (non-hydrogen) atoms. The smallest absolute Gasteiger partial charge is 0.226 e. The Bertz CT molecular complexity index is 111. The molecule has 0 saturated carbocycles. The molecule has 0 aromatic heterocycles. The lowest BCUT2D eigenvalue weighted by atomic mass is 10.2. The number of aliphatic hydroxyl groups is 1. The third kappa shape index (κ3) is 0.690. The molecule has 1 saturated heterocycles. The van der Waals surface area contributed by atoms with Crippen molar-refractivity contribution in [1.29, 1.82) is 0 Å². The van der Waals surface area contributed by atoms with Crippen LogP contribution in [0.3, 0.4) is 0 Å². The maximum absolute atomic E-state index is 10.4. The van der Waals surface area contributed by atoms with Crippen LogP contribution in [0.4, 0.5) is 0 Å². The monoisotopic (exact) mass is 115 g/mol. The lowest BCUT2D eigenvalue weighted by molar-refractivity contribution is -0.151. The molecule has 1 aliphatic rings. The summed E-state index contributed by atoms with van der Waals surface area (Å²) in [5.41, 5.74) is 0. The van der Waals surface area contributed by atoms with Crippen molar-refractivity contribution in [3.05, 3.63) is 0 Å². The largest absolute Gasteiger partial charge is 0.374 e. The number of β-lactam (4-membered cyclic amide) rings is 1. The number of hydrogen-bond donors (Lipinski definition) is 1. The van der Waals surface area contributed by atoms with E-state index in [-0.39, 0.29) is 5.91 Å². The summed E-state index contributed by atoms with van der Waals surface area (Å²) in [7, 11) is 0. The Hall–Kier alpha value is -0.570. The maximum Gasteiger partial charge on any atom is 0.226 e. The minimum absolute atomic E-state index is 0.0556. The third-order valence-corrected chi connectivity index (χ3v) is 1.34. The maximum atomic E-state index is 10.4. The lowest BCUT2D eigenvalue weighted by Gasteiger charge is -2.32. The highest BCUT2D eigenvalue weighted by Crippen LogP contribution is 2.10. The van der Waals surface area contributed by atoms with E-state index in [2.05, 4.69) is 0 Å². The molecule has 0 aliphatic carbocycles. The molecule has 1 fully saturated rings. The van der Waals surface area contributed by atoms with Gasteiger partial charge in [0.05, 0.1) is 0 Å². The number of aliphatic hydroxyl groups excluding tert-OH is 1. The summed E-state index contributed by atoms with van der Waals surface area (Å²) in [5, 5.41) is 8.75. The predicted molar refractivity (Wildman–Crippen MR) is 28.0 cm³/mol. The fourth-order valence-electron chi connectivity index (χ4n) is 0.727. The first-order valence-electron chi connectivity index (χ1n) is 2.69. The zero-order valence-electron chi connectivity index (χ0n) is 4.79. The first kappa shape index (κ1) is 5.56. The van der Waals surface area contributed by atoms with Gasteiger partial charge in [0, 0.05) is 13.0 Å². The molecule has 3 nitrogen and oxygen atoms in total. The minimum Gasteiger partial charge on any atom is -0.374 e. The Morgan fingerprint density at radius 3 is 2.50 bits per heavy atom. The average Bonchev–Trinajstić information content (AvgIpc) is 1.61. The van der Waals surface area contributed by atoms with Crippen LogP contribution in [0.5, 0.6) is 0 Å². The molecule has 0 aromatic carbocycles. The quantitative estimate of drug-likeness (QED) is 0.470. The topological polar surface area (TPSA) is 40.5 Å². The standard InChI is InChI=1S/C5H9NO2/c1-4(7)6-3-2-5(6)8/h4,7H,2-3H2,1H3. The number of carbonyl (C=O) groups is 1. The van der Waals surface area contributed by atoms with Gasteiger partial charge in [0.1, 0.15) is 6.23 Å². The number of carbonyl (C=O) groups excluding carboxylic acids is 1. The molecule has 1 rings (SSSR count). The average molecular weight is 115 g/mol. The highest BCUT2D eigenvalue weighted by atomic mass is 16.3. The lowest BCUT2D eigenvalue weighted by Crippen LogP contribution is -2.48. The van der Waals surface area contributed by atoms with Crippen molar-refractivity contribution >= 4 is 5.91 Å². The number of rotatable bonds is 1. The molecular weight excluding hydrogens is 106 g/mol. The molecule has 0 radical (unpaired) electrons. The van der Waals surface area contributed by atoms with Gasteiger partial charge in [-0.25, -0.2) is 0 Å². The second-order valence-electron chi connectivity index (χ2n) is 1.97. The van der Waals surface area contributed by atoms with E-state index >= 15 is 0 Å². The van der Waals surface area contributed by atoms with E-state index < -0.39 is 6.23 Å². The Labute approximate surface area is 47.9 Å². The van der Waals surface area contributed by atoms with Gasteiger partial charge in [-0.2, -0.15) is 0 Å². The molecule has 1 N–H and O–H groups in total. The highest BCUT2D eigenvalue weighted by molar-refractivity contribution is 5.81. The van der Waals surface area contributed by atoms with Crippen LogP contribution in [0.2, 0.25) is 0 Å². The molecule has 1 amide bonds. The molecule has 46 valence electrons. The van der Waals surface area contributed by atoms with Crippen LogP contribution in [0.15, 0.2) is 0 Å². The van der Waals surface area contributed by atoms with Crippen molar-refractivity contribution in [2.24, 2.45) is 0 Å². The summed E-state index contributed by atoms with van der Waals surface area (Å²) in [5.74, 6) is 0.0556. The van der Waals surface area contributed by atoms with E-state index in [0.717, 1.165) is 6.54 Å². The zero-order valence-corrected chi connectivity index (χ0v) is 4.79. The van der Waals surface area contributed by atoms with Gasteiger partial charge in [0.15, 0.2) is 0 Å². The molecule has 0 aromatic rings. The molecule has 1 atom stereocenters. The number of hydrogen-bond acceptors (Lipinski definition) is 2. The van der Waals surface area contributed by atoms with E-state index in [1.165, 1.54) is 4.90 Å². The van der Waals surface area contributed by atoms with Gasteiger partial charge in [-0.05, 0) is 6.92 Å². The molecule has 1 unspecified atom stereocenters. The molecule has 1 heterocycles. The summed E-state index contributed by atoms with van der Waals surface area (Å²) < 4.78 is 0. The Morgan fingerprint density at radius 2 is 2.50 bits per heavy atom. The van der Waals surface area contributed by atoms with Crippen LogP contribution in [0.25, 0.3) is 0 Å². The van der Waals surface area contributed by atoms with Gasteiger partial charge in [0.25, 0.3) is 0 Å². The van der Waals surface area contributed by atoms with Gasteiger partial charge in [0.2, 0.25) is 5.91 Å². The molecule has 0 spiro atoms. The number of likely N-dealkylation sites (tertiary alicyclic amines) is 1. The van der Waals surface area contributed by atoms with E-state index in [0.29, 0.717) is 6.42 Å². The normalized spacial score (nSPS) is 22.8. The summed E-state index contributed by atoms with van der Waals surface area (Å²) in [4.78, 5) is 11.9. The Kier molecular flexibility index (Phi) is 1.21. The van der Waals surface area contributed by atoms with Gasteiger partial charge >= 0.3 is 0 Å². The van der Waals surface area contributed by atoms with E-state index in [9.17, 15) is 4.79 Å². The molecule has 1 aliphatic heterocycles. The van der Waals surface area contributed by atoms with Crippen molar-refractivity contribution in [3.8, 4) is 0 Å². The van der Waals surface area contributed by atoms with E-state index in [1.54, 1.807) is 6.92 Å². The van der Waals surface area contributed by atoms with Crippen molar-refractivity contribution in [2.75, 3.05) is 6.54 Å². The number of nitrogens with zero attached hydrogens (tertiary/aromatic N) is 1. The molecular formula is C5H9NO2. The third-order valence-electron chi connectivity index (χ3n) is 1.34. The summed E-state index contributed by atoms with van der Waals surface area (Å²) >= 11 is 0. The van der Waals surface area contributed by atoms with Crippen LogP contribution in [0, 0.1) is 0 Å². The van der Waals surface area contributed by atoms with Gasteiger partial charge in [-0.3, -0.25) is 4.79 Å². The predicted octanol–water partition coefficient (Wildman–Crippen LogP) is -0.443. The second-order valence-corrected chi connectivity index (χ2v) is 1.97. The molecule has 3 heteroatoms. The van der Waals surface area contributed by atoms with Crippen molar-refractivity contribution in [3.63, 3.8) is 0 Å². The summed E-state index contributed by atoms with van der Waals surface area (Å²) in [6, 6.07) is 0. The van der Waals surface area contributed by atoms with Crippen LogP contribution in [-0.2, 0) is 4.79 Å². The van der Waals surface area contributed by atoms with E-state index in [4.69, 9.17) is 5.11 Å². The van der Waals surface area contributed by atoms with Gasteiger partial charge in [-0.15, -0.1) is 0 Å². The van der Waals surface area contributed by atoms with Gasteiger partial charge in [-0.1, -0.05) is 0 Å². The first-order valence-corrected chi connectivity index (χ1v) is 2.69. The van der Waals surface area contributed by atoms with Crippen molar-refractivity contribution in [1.82, 2.24) is 4.90 Å². The zero-order chi connectivity index (χ0) is 6.15.